The number of esters is 2. The molecule has 0 saturated carbocycles. The smallest absolute Gasteiger partial charge is 0.333 e. The first-order chi connectivity index (χ1) is 13.4. The molecule has 0 aliphatic carbocycles. The normalized spacial score (nSPS) is 13.3. The van der Waals surface area contributed by atoms with Crippen LogP contribution in [0.15, 0.2) is 46.3 Å². The van der Waals surface area contributed by atoms with Crippen molar-refractivity contribution in [1.29, 1.82) is 0 Å². The first kappa shape index (κ1) is 23.7. The number of carbonyl (C=O) groups excluding carboxylic acids is 2. The van der Waals surface area contributed by atoms with Crippen LogP contribution in [0.25, 0.3) is 0 Å². The van der Waals surface area contributed by atoms with Crippen molar-refractivity contribution in [2.75, 3.05) is 13.7 Å². The number of allylic oxidation sites excluding steroid dienone is 3. The van der Waals surface area contributed by atoms with E-state index in [1.165, 1.54) is 25.2 Å². The summed E-state index contributed by atoms with van der Waals surface area (Å²) < 4.78 is 15.0. The van der Waals surface area contributed by atoms with Gasteiger partial charge >= 0.3 is 11.9 Å². The topological polar surface area (TPSA) is 65.7 Å². The zero-order valence-electron chi connectivity index (χ0n) is 17.7. The van der Waals surface area contributed by atoms with Gasteiger partial charge in [-0.05, 0) is 69.4 Å². The van der Waals surface area contributed by atoms with Gasteiger partial charge in [0.2, 0.25) is 0 Å². The Morgan fingerprint density at radius 3 is 2.61 bits per heavy atom. The molecule has 0 aromatic carbocycles. The lowest BCUT2D eigenvalue weighted by atomic mass is 10.00. The molecule has 0 amide bonds. The zero-order valence-corrected chi connectivity index (χ0v) is 17.7. The Bertz CT molecular complexity index is 640. The van der Waals surface area contributed by atoms with E-state index in [4.69, 9.17) is 13.9 Å². The van der Waals surface area contributed by atoms with Crippen molar-refractivity contribution in [3.05, 3.63) is 47.5 Å². The number of ether oxygens (including phenoxy) is 2. The largest absolute Gasteiger partial charge is 0.472 e. The summed E-state index contributed by atoms with van der Waals surface area (Å²) in [5.74, 6) is -0.229. The molecule has 5 heteroatoms. The van der Waals surface area contributed by atoms with Gasteiger partial charge in [0, 0.05) is 12.5 Å². The van der Waals surface area contributed by atoms with Gasteiger partial charge in [0.1, 0.15) is 0 Å². The summed E-state index contributed by atoms with van der Waals surface area (Å²) in [7, 11) is 1.42. The minimum absolute atomic E-state index is 0.254. The van der Waals surface area contributed by atoms with Crippen LogP contribution in [0.1, 0.15) is 64.9 Å². The average Bonchev–Trinajstić information content (AvgIpc) is 3.18. The Morgan fingerprint density at radius 2 is 1.96 bits per heavy atom. The maximum absolute atomic E-state index is 12.0. The predicted octanol–water partition coefficient (Wildman–Crippen LogP) is 5.41. The maximum Gasteiger partial charge on any atom is 0.333 e. The molecule has 0 saturated heterocycles. The number of carbonyl (C=O) groups is 2. The fourth-order valence-electron chi connectivity index (χ4n) is 2.90. The summed E-state index contributed by atoms with van der Waals surface area (Å²) in [5, 5.41) is 0. The first-order valence-electron chi connectivity index (χ1n) is 9.99. The summed E-state index contributed by atoms with van der Waals surface area (Å²) in [6, 6.07) is 1.99. The molecule has 0 unspecified atom stereocenters. The zero-order chi connectivity index (χ0) is 20.8. The minimum atomic E-state index is -0.255. The Balaban J connectivity index is 2.38. The van der Waals surface area contributed by atoms with E-state index in [2.05, 4.69) is 13.0 Å². The van der Waals surface area contributed by atoms with Crippen LogP contribution in [-0.4, -0.2) is 25.7 Å². The maximum atomic E-state index is 12.0. The van der Waals surface area contributed by atoms with Crippen LogP contribution in [0, 0.1) is 5.92 Å². The highest BCUT2D eigenvalue weighted by Gasteiger charge is 2.11. The third kappa shape index (κ3) is 10.8. The van der Waals surface area contributed by atoms with Crippen molar-refractivity contribution >= 4 is 11.9 Å². The Kier molecular flexibility index (Phi) is 11.7. The molecule has 0 spiro atoms. The molecule has 5 nitrogen and oxygen atoms in total. The molecule has 156 valence electrons. The number of aryl methyl sites for hydroxylation is 1. The molecule has 1 aromatic rings. The van der Waals surface area contributed by atoms with E-state index >= 15 is 0 Å². The van der Waals surface area contributed by atoms with Crippen molar-refractivity contribution in [2.45, 2.75) is 65.7 Å². The molecule has 1 heterocycles. The van der Waals surface area contributed by atoms with Gasteiger partial charge in [-0.1, -0.05) is 24.6 Å². The molecule has 0 fully saturated rings. The minimum Gasteiger partial charge on any atom is -0.472 e. The summed E-state index contributed by atoms with van der Waals surface area (Å²) >= 11 is 0. The van der Waals surface area contributed by atoms with Crippen LogP contribution >= 0.6 is 0 Å². The molecule has 0 bridgehead atoms. The van der Waals surface area contributed by atoms with E-state index in [1.54, 1.807) is 12.5 Å². The lowest BCUT2D eigenvalue weighted by Crippen LogP contribution is -2.10. The van der Waals surface area contributed by atoms with Crippen LogP contribution in [0.5, 0.6) is 0 Å². The summed E-state index contributed by atoms with van der Waals surface area (Å²) in [5.41, 5.74) is 3.26. The lowest BCUT2D eigenvalue weighted by Gasteiger charge is -2.11. The molecule has 28 heavy (non-hydrogen) atoms. The van der Waals surface area contributed by atoms with Gasteiger partial charge in [-0.2, -0.15) is 0 Å². The lowest BCUT2D eigenvalue weighted by molar-refractivity contribution is -0.142. The van der Waals surface area contributed by atoms with E-state index in [0.717, 1.165) is 44.1 Å². The average molecular weight is 391 g/mol. The number of hydrogen-bond donors (Lipinski definition) is 0. The van der Waals surface area contributed by atoms with Gasteiger partial charge in [0.15, 0.2) is 0 Å². The quantitative estimate of drug-likeness (QED) is 0.256. The van der Waals surface area contributed by atoms with Crippen molar-refractivity contribution in [3.8, 4) is 0 Å². The van der Waals surface area contributed by atoms with E-state index < -0.39 is 0 Å². The summed E-state index contributed by atoms with van der Waals surface area (Å²) in [6.45, 7) is 6.01. The van der Waals surface area contributed by atoms with E-state index in [1.807, 2.05) is 19.1 Å². The summed E-state index contributed by atoms with van der Waals surface area (Å²) in [4.78, 5) is 22.9. The number of hydrogen-bond acceptors (Lipinski definition) is 5. The third-order valence-corrected chi connectivity index (χ3v) is 4.60. The van der Waals surface area contributed by atoms with Crippen molar-refractivity contribution in [3.63, 3.8) is 0 Å². The predicted molar refractivity (Wildman–Crippen MR) is 110 cm³/mol. The van der Waals surface area contributed by atoms with Crippen molar-refractivity contribution in [1.82, 2.24) is 0 Å². The Labute approximate surface area is 168 Å². The molecule has 0 N–H and O–H groups in total. The highest BCUT2D eigenvalue weighted by molar-refractivity contribution is 5.88. The second kappa shape index (κ2) is 13.8. The molecule has 0 aliphatic heterocycles. The standard InChI is InChI=1S/C23H34O5/c1-18(8-5-11-21-14-15-27-17-21)9-6-12-22(23(25)26-4)13-7-10-19(2)16-28-20(3)24/h8,12,14-15,17,19H,5-7,9-11,13,16H2,1-4H3/t19-/m0/s1. The monoisotopic (exact) mass is 390 g/mol. The van der Waals surface area contributed by atoms with Crippen LogP contribution in [0.4, 0.5) is 0 Å². The second-order valence-corrected chi connectivity index (χ2v) is 7.28. The highest BCUT2D eigenvalue weighted by Crippen LogP contribution is 2.17. The molecule has 1 atom stereocenters. The SMILES string of the molecule is COC(=O)C(=CCCC(C)=CCCc1ccoc1)CCC[C@H](C)COC(C)=O. The van der Waals surface area contributed by atoms with Gasteiger partial charge in [-0.3, -0.25) is 4.79 Å². The number of methoxy groups -OCH3 is 1. The fourth-order valence-corrected chi connectivity index (χ4v) is 2.90. The number of furan rings is 1. The summed E-state index contributed by atoms with van der Waals surface area (Å²) in [6.07, 6.45) is 13.9. The van der Waals surface area contributed by atoms with E-state index in [9.17, 15) is 9.59 Å². The Morgan fingerprint density at radius 1 is 1.18 bits per heavy atom. The third-order valence-electron chi connectivity index (χ3n) is 4.60. The van der Waals surface area contributed by atoms with E-state index in [0.29, 0.717) is 13.0 Å². The molecule has 0 radical (unpaired) electrons. The molecule has 1 aromatic heterocycles. The van der Waals surface area contributed by atoms with Crippen LogP contribution in [0.3, 0.4) is 0 Å². The van der Waals surface area contributed by atoms with Crippen molar-refractivity contribution < 1.29 is 23.5 Å². The van der Waals surface area contributed by atoms with Crippen LogP contribution in [0.2, 0.25) is 0 Å². The van der Waals surface area contributed by atoms with Gasteiger partial charge in [0.05, 0.1) is 26.2 Å². The van der Waals surface area contributed by atoms with Crippen LogP contribution < -0.4 is 0 Å². The molecule has 0 aliphatic rings. The van der Waals surface area contributed by atoms with Crippen molar-refractivity contribution in [2.24, 2.45) is 5.92 Å². The molecule has 1 rings (SSSR count). The first-order valence-corrected chi connectivity index (χ1v) is 9.99. The van der Waals surface area contributed by atoms with Gasteiger partial charge in [-0.15, -0.1) is 0 Å². The van der Waals surface area contributed by atoms with E-state index in [-0.39, 0.29) is 17.9 Å². The van der Waals surface area contributed by atoms with Crippen LogP contribution in [-0.2, 0) is 25.5 Å². The Hall–Kier alpha value is -2.30. The van der Waals surface area contributed by atoms with Gasteiger partial charge in [-0.25, -0.2) is 4.79 Å². The van der Waals surface area contributed by atoms with Gasteiger partial charge in [0.25, 0.3) is 0 Å². The number of rotatable bonds is 13. The second-order valence-electron chi connectivity index (χ2n) is 7.28. The van der Waals surface area contributed by atoms with Gasteiger partial charge < -0.3 is 13.9 Å². The highest BCUT2D eigenvalue weighted by atomic mass is 16.5. The molecular weight excluding hydrogens is 356 g/mol. The fraction of sp³-hybridized carbons (Fsp3) is 0.565. The molecular formula is C23H34O5.